The first kappa shape index (κ1) is 14.7. The van der Waals surface area contributed by atoms with E-state index in [-0.39, 0.29) is 18.4 Å². The van der Waals surface area contributed by atoms with Crippen LogP contribution in [0.5, 0.6) is 5.75 Å². The van der Waals surface area contributed by atoms with Gasteiger partial charge in [0.15, 0.2) is 6.61 Å². The third-order valence-corrected chi connectivity index (χ3v) is 3.79. The van der Waals surface area contributed by atoms with Crippen LogP contribution in [0.2, 0.25) is 10.0 Å². The summed E-state index contributed by atoms with van der Waals surface area (Å²) in [6, 6.07) is 9.61. The Hall–Kier alpha value is -2.24. The van der Waals surface area contributed by atoms with E-state index in [1.807, 2.05) is 0 Å². The molecule has 0 saturated heterocycles. The normalized spacial score (nSPS) is 12.9. The fourth-order valence-corrected chi connectivity index (χ4v) is 2.30. The molecular formula is C15H10Cl2N2O3. The number of carbonyl (C=O) groups is 2. The Bertz CT molecular complexity index is 777. The molecule has 0 spiro atoms. The summed E-state index contributed by atoms with van der Waals surface area (Å²) < 4.78 is 5.25. The van der Waals surface area contributed by atoms with Gasteiger partial charge in [0.2, 0.25) is 0 Å². The van der Waals surface area contributed by atoms with Crippen LogP contribution in [0, 0.1) is 0 Å². The van der Waals surface area contributed by atoms with Gasteiger partial charge in [-0.1, -0.05) is 23.2 Å². The molecule has 0 aliphatic carbocycles. The van der Waals surface area contributed by atoms with Crippen LogP contribution in [0.15, 0.2) is 36.4 Å². The molecule has 7 heteroatoms. The average Bonchev–Trinajstić information content (AvgIpc) is 2.49. The second-order valence-electron chi connectivity index (χ2n) is 4.63. The molecule has 0 unspecified atom stereocenters. The minimum atomic E-state index is -0.332. The van der Waals surface area contributed by atoms with Crippen molar-refractivity contribution in [2.75, 3.05) is 17.2 Å². The zero-order valence-corrected chi connectivity index (χ0v) is 12.7. The lowest BCUT2D eigenvalue weighted by atomic mass is 10.2. The Labute approximate surface area is 136 Å². The molecule has 0 bridgehead atoms. The molecule has 5 nitrogen and oxygen atoms in total. The smallest absolute Gasteiger partial charge is 0.262 e. The van der Waals surface area contributed by atoms with Crippen molar-refractivity contribution in [3.63, 3.8) is 0 Å². The first-order chi connectivity index (χ1) is 10.5. The molecule has 0 aromatic heterocycles. The van der Waals surface area contributed by atoms with E-state index in [1.165, 1.54) is 6.07 Å². The van der Waals surface area contributed by atoms with E-state index >= 15 is 0 Å². The first-order valence-electron chi connectivity index (χ1n) is 6.36. The molecule has 22 heavy (non-hydrogen) atoms. The van der Waals surface area contributed by atoms with E-state index in [1.54, 1.807) is 30.3 Å². The number of fused-ring (bicyclic) bond motifs is 1. The first-order valence-corrected chi connectivity index (χ1v) is 7.11. The van der Waals surface area contributed by atoms with Crippen LogP contribution in [-0.2, 0) is 4.79 Å². The number of hydrogen-bond donors (Lipinski definition) is 2. The van der Waals surface area contributed by atoms with Crippen LogP contribution >= 0.6 is 23.2 Å². The number of ether oxygens (including phenoxy) is 1. The summed E-state index contributed by atoms with van der Waals surface area (Å²) in [6.07, 6.45) is 0. The molecule has 1 aliphatic heterocycles. The van der Waals surface area contributed by atoms with E-state index < -0.39 is 0 Å². The molecule has 0 fully saturated rings. The van der Waals surface area contributed by atoms with Gasteiger partial charge < -0.3 is 15.4 Å². The van der Waals surface area contributed by atoms with Gasteiger partial charge in [-0.15, -0.1) is 0 Å². The van der Waals surface area contributed by atoms with Crippen LogP contribution in [0.4, 0.5) is 11.4 Å². The van der Waals surface area contributed by atoms with Gasteiger partial charge >= 0.3 is 0 Å². The number of halogens is 2. The van der Waals surface area contributed by atoms with Crippen molar-refractivity contribution < 1.29 is 14.3 Å². The number of anilines is 2. The summed E-state index contributed by atoms with van der Waals surface area (Å²) in [4.78, 5) is 23.5. The molecule has 0 saturated carbocycles. The SMILES string of the molecule is O=C1COc2ccc(NC(=O)c3ccc(Cl)c(Cl)c3)cc2N1. The van der Waals surface area contributed by atoms with Gasteiger partial charge in [0.1, 0.15) is 5.75 Å². The molecule has 2 aromatic carbocycles. The Morgan fingerprint density at radius 2 is 1.95 bits per heavy atom. The predicted octanol–water partition coefficient (Wildman–Crippen LogP) is 3.58. The molecule has 3 rings (SSSR count). The van der Waals surface area contributed by atoms with Crippen LogP contribution in [-0.4, -0.2) is 18.4 Å². The van der Waals surface area contributed by atoms with E-state index in [0.29, 0.717) is 32.7 Å². The predicted molar refractivity (Wildman–Crippen MR) is 85.0 cm³/mol. The highest BCUT2D eigenvalue weighted by molar-refractivity contribution is 6.42. The molecule has 1 aliphatic rings. The fourth-order valence-electron chi connectivity index (χ4n) is 2.00. The summed E-state index contributed by atoms with van der Waals surface area (Å²) >= 11 is 11.7. The topological polar surface area (TPSA) is 67.4 Å². The molecule has 112 valence electrons. The molecule has 0 radical (unpaired) electrons. The van der Waals surface area contributed by atoms with Crippen molar-refractivity contribution in [1.29, 1.82) is 0 Å². The van der Waals surface area contributed by atoms with Crippen molar-refractivity contribution in [3.8, 4) is 5.75 Å². The van der Waals surface area contributed by atoms with Crippen molar-refractivity contribution in [3.05, 3.63) is 52.0 Å². The minimum absolute atomic E-state index is 0.0119. The second-order valence-corrected chi connectivity index (χ2v) is 5.45. The average molecular weight is 337 g/mol. The van der Waals surface area contributed by atoms with E-state index in [4.69, 9.17) is 27.9 Å². The Kier molecular flexibility index (Phi) is 3.92. The highest BCUT2D eigenvalue weighted by Gasteiger charge is 2.17. The van der Waals surface area contributed by atoms with Crippen molar-refractivity contribution in [2.45, 2.75) is 0 Å². The second kappa shape index (κ2) is 5.87. The number of amides is 2. The number of nitrogens with one attached hydrogen (secondary N) is 2. The standard InChI is InChI=1S/C15H10Cl2N2O3/c16-10-3-1-8(5-11(10)17)15(21)18-9-2-4-13-12(6-9)19-14(20)7-22-13/h1-6H,7H2,(H,18,21)(H,19,20). The van der Waals surface area contributed by atoms with Gasteiger partial charge in [0.05, 0.1) is 15.7 Å². The lowest BCUT2D eigenvalue weighted by Gasteiger charge is -2.18. The van der Waals surface area contributed by atoms with Crippen molar-refractivity contribution >= 4 is 46.4 Å². The van der Waals surface area contributed by atoms with Crippen molar-refractivity contribution in [1.82, 2.24) is 0 Å². The summed E-state index contributed by atoms with van der Waals surface area (Å²) in [7, 11) is 0. The van der Waals surface area contributed by atoms with Gasteiger partial charge in [-0.2, -0.15) is 0 Å². The minimum Gasteiger partial charge on any atom is -0.482 e. The van der Waals surface area contributed by atoms with Gasteiger partial charge in [-0.3, -0.25) is 9.59 Å². The molecule has 0 atom stereocenters. The monoisotopic (exact) mass is 336 g/mol. The van der Waals surface area contributed by atoms with Crippen molar-refractivity contribution in [2.24, 2.45) is 0 Å². The van der Waals surface area contributed by atoms with E-state index in [0.717, 1.165) is 0 Å². The highest BCUT2D eigenvalue weighted by atomic mass is 35.5. The third kappa shape index (κ3) is 3.00. The lowest BCUT2D eigenvalue weighted by Crippen LogP contribution is -2.25. The number of hydrogen-bond acceptors (Lipinski definition) is 3. The highest BCUT2D eigenvalue weighted by Crippen LogP contribution is 2.30. The molecule has 1 heterocycles. The molecule has 2 amide bonds. The fraction of sp³-hybridized carbons (Fsp3) is 0.0667. The van der Waals surface area contributed by atoms with Crippen LogP contribution in [0.25, 0.3) is 0 Å². The number of benzene rings is 2. The summed E-state index contributed by atoms with van der Waals surface area (Å²) in [5.41, 5.74) is 1.43. The number of carbonyl (C=O) groups excluding carboxylic acids is 2. The van der Waals surface area contributed by atoms with E-state index in [9.17, 15) is 9.59 Å². The van der Waals surface area contributed by atoms with Crippen LogP contribution in [0.3, 0.4) is 0 Å². The largest absolute Gasteiger partial charge is 0.482 e. The Morgan fingerprint density at radius 1 is 1.14 bits per heavy atom. The quantitative estimate of drug-likeness (QED) is 0.880. The van der Waals surface area contributed by atoms with Gasteiger partial charge in [-0.05, 0) is 36.4 Å². The maximum atomic E-state index is 12.2. The Morgan fingerprint density at radius 3 is 2.73 bits per heavy atom. The maximum absolute atomic E-state index is 12.2. The van der Waals surface area contributed by atoms with Crippen LogP contribution < -0.4 is 15.4 Å². The molecular weight excluding hydrogens is 327 g/mol. The summed E-state index contributed by atoms with van der Waals surface area (Å²) in [5.74, 6) is -0.00540. The molecule has 2 N–H and O–H groups in total. The lowest BCUT2D eigenvalue weighted by molar-refractivity contribution is -0.118. The van der Waals surface area contributed by atoms with Gasteiger partial charge in [-0.25, -0.2) is 0 Å². The Balaban J connectivity index is 1.80. The zero-order valence-electron chi connectivity index (χ0n) is 11.2. The maximum Gasteiger partial charge on any atom is 0.262 e. The summed E-state index contributed by atoms with van der Waals surface area (Å²) in [6.45, 7) is -0.0119. The zero-order chi connectivity index (χ0) is 15.7. The molecule has 2 aromatic rings. The van der Waals surface area contributed by atoms with Gasteiger partial charge in [0, 0.05) is 11.3 Å². The van der Waals surface area contributed by atoms with Crippen LogP contribution in [0.1, 0.15) is 10.4 Å². The van der Waals surface area contributed by atoms with E-state index in [2.05, 4.69) is 10.6 Å². The third-order valence-electron chi connectivity index (χ3n) is 3.05. The number of rotatable bonds is 2. The summed E-state index contributed by atoms with van der Waals surface area (Å²) in [5, 5.41) is 6.09. The van der Waals surface area contributed by atoms with Gasteiger partial charge in [0.25, 0.3) is 11.8 Å².